The van der Waals surface area contributed by atoms with Gasteiger partial charge in [-0.2, -0.15) is 0 Å². The number of nitrogens with zero attached hydrogens (tertiary/aromatic N) is 1. The van der Waals surface area contributed by atoms with Crippen LogP contribution >= 0.6 is 11.6 Å². The first-order valence-electron chi connectivity index (χ1n) is 11.0. The monoisotopic (exact) mass is 452 g/mol. The number of carbonyl (C=O) groups excluding carboxylic acids is 1. The van der Waals surface area contributed by atoms with Gasteiger partial charge in [0.05, 0.1) is 32.3 Å². The lowest BCUT2D eigenvalue weighted by Crippen LogP contribution is -2.44. The number of carbonyl (C=O) groups is 1. The highest BCUT2D eigenvalue weighted by Crippen LogP contribution is 2.29. The Morgan fingerprint density at radius 2 is 1.81 bits per heavy atom. The molecule has 0 aromatic heterocycles. The van der Waals surface area contributed by atoms with Gasteiger partial charge in [0.1, 0.15) is 5.75 Å². The topological polar surface area (TPSA) is 50.8 Å². The molecule has 0 bridgehead atoms. The van der Waals surface area contributed by atoms with Gasteiger partial charge in [-0.1, -0.05) is 54.1 Å². The lowest BCUT2D eigenvalue weighted by Gasteiger charge is -2.35. The predicted octanol–water partition coefficient (Wildman–Crippen LogP) is 4.80. The van der Waals surface area contributed by atoms with Gasteiger partial charge in [0.15, 0.2) is 0 Å². The van der Waals surface area contributed by atoms with E-state index in [1.807, 2.05) is 61.5 Å². The van der Waals surface area contributed by atoms with Gasteiger partial charge in [-0.15, -0.1) is 0 Å². The second-order valence-corrected chi connectivity index (χ2v) is 8.53. The number of methoxy groups -OCH3 is 1. The minimum atomic E-state index is -0.266. The standard InChI is InChI=1S/C26H29ClN2O3/c1-18(19-7-8-21-16-22(31-2)10-9-20(21)15-19)26(30)28-17-25(29-11-13-32-14-12-29)23-5-3-4-6-24(23)27/h3-10,15-16,18,25H,11-14,17H2,1-2H3,(H,28,30)/t18-,25?/m0/s1. The molecule has 1 fully saturated rings. The summed E-state index contributed by atoms with van der Waals surface area (Å²) in [5, 5.41) is 6.07. The molecule has 1 heterocycles. The van der Waals surface area contributed by atoms with E-state index in [4.69, 9.17) is 21.1 Å². The zero-order chi connectivity index (χ0) is 22.5. The Bertz CT molecular complexity index is 1080. The third-order valence-electron chi connectivity index (χ3n) is 6.19. The summed E-state index contributed by atoms with van der Waals surface area (Å²) in [7, 11) is 1.66. The van der Waals surface area contributed by atoms with Gasteiger partial charge < -0.3 is 14.8 Å². The van der Waals surface area contributed by atoms with Gasteiger partial charge in [-0.05, 0) is 47.0 Å². The quantitative estimate of drug-likeness (QED) is 0.559. The Hall–Kier alpha value is -2.60. The van der Waals surface area contributed by atoms with Crippen molar-refractivity contribution in [2.75, 3.05) is 40.0 Å². The highest BCUT2D eigenvalue weighted by atomic mass is 35.5. The van der Waals surface area contributed by atoms with E-state index in [9.17, 15) is 4.79 Å². The minimum Gasteiger partial charge on any atom is -0.497 e. The fourth-order valence-electron chi connectivity index (χ4n) is 4.21. The first kappa shape index (κ1) is 22.6. The first-order valence-corrected chi connectivity index (χ1v) is 11.4. The van der Waals surface area contributed by atoms with Gasteiger partial charge in [-0.3, -0.25) is 9.69 Å². The van der Waals surface area contributed by atoms with Crippen molar-refractivity contribution in [3.8, 4) is 5.75 Å². The minimum absolute atomic E-state index is 0.00294. The highest BCUT2D eigenvalue weighted by Gasteiger charge is 2.26. The number of morpholine rings is 1. The third kappa shape index (κ3) is 5.07. The Labute approximate surface area is 194 Å². The van der Waals surface area contributed by atoms with Crippen LogP contribution in [0.4, 0.5) is 0 Å². The first-order chi connectivity index (χ1) is 15.6. The van der Waals surface area contributed by atoms with Crippen molar-refractivity contribution in [3.63, 3.8) is 0 Å². The molecule has 2 atom stereocenters. The Morgan fingerprint density at radius 1 is 1.09 bits per heavy atom. The SMILES string of the molecule is COc1ccc2cc([C@H](C)C(=O)NCC(c3ccccc3Cl)N3CCOCC3)ccc2c1. The number of amides is 1. The van der Waals surface area contributed by atoms with Crippen molar-refractivity contribution in [1.82, 2.24) is 10.2 Å². The molecule has 32 heavy (non-hydrogen) atoms. The molecule has 3 aromatic carbocycles. The van der Waals surface area contributed by atoms with Crippen LogP contribution < -0.4 is 10.1 Å². The molecular weight excluding hydrogens is 424 g/mol. The maximum Gasteiger partial charge on any atom is 0.227 e. The van der Waals surface area contributed by atoms with E-state index in [0.717, 1.165) is 45.8 Å². The molecule has 168 valence electrons. The van der Waals surface area contributed by atoms with Crippen molar-refractivity contribution >= 4 is 28.3 Å². The van der Waals surface area contributed by atoms with E-state index in [-0.39, 0.29) is 17.9 Å². The van der Waals surface area contributed by atoms with Crippen molar-refractivity contribution in [2.24, 2.45) is 0 Å². The number of rotatable bonds is 7. The third-order valence-corrected chi connectivity index (χ3v) is 6.53. The van der Waals surface area contributed by atoms with E-state index in [0.29, 0.717) is 19.8 Å². The molecule has 3 aromatic rings. The lowest BCUT2D eigenvalue weighted by molar-refractivity contribution is -0.122. The van der Waals surface area contributed by atoms with Crippen LogP contribution in [0, 0.1) is 0 Å². The number of ether oxygens (including phenoxy) is 2. The smallest absolute Gasteiger partial charge is 0.227 e. The Kier molecular flexibility index (Phi) is 7.30. The van der Waals surface area contributed by atoms with Gasteiger partial charge in [0, 0.05) is 24.7 Å². The van der Waals surface area contributed by atoms with Gasteiger partial charge in [0.2, 0.25) is 5.91 Å². The Morgan fingerprint density at radius 3 is 2.56 bits per heavy atom. The van der Waals surface area contributed by atoms with Gasteiger partial charge >= 0.3 is 0 Å². The van der Waals surface area contributed by atoms with E-state index < -0.39 is 0 Å². The van der Waals surface area contributed by atoms with E-state index in [1.165, 1.54) is 0 Å². The van der Waals surface area contributed by atoms with E-state index in [2.05, 4.69) is 16.3 Å². The summed E-state index contributed by atoms with van der Waals surface area (Å²) in [6.07, 6.45) is 0. The normalized spacial score (nSPS) is 16.5. The number of fused-ring (bicyclic) bond motifs is 1. The second-order valence-electron chi connectivity index (χ2n) is 8.13. The van der Waals surface area contributed by atoms with Crippen LogP contribution in [0.5, 0.6) is 5.75 Å². The van der Waals surface area contributed by atoms with Crippen molar-refractivity contribution in [1.29, 1.82) is 0 Å². The van der Waals surface area contributed by atoms with Crippen molar-refractivity contribution < 1.29 is 14.3 Å². The summed E-state index contributed by atoms with van der Waals surface area (Å²) < 4.78 is 10.8. The zero-order valence-corrected chi connectivity index (χ0v) is 19.3. The Balaban J connectivity index is 1.48. The fraction of sp³-hybridized carbons (Fsp3) is 0.346. The van der Waals surface area contributed by atoms with Crippen LogP contribution in [0.3, 0.4) is 0 Å². The molecule has 0 radical (unpaired) electrons. The molecule has 1 unspecified atom stereocenters. The van der Waals surface area contributed by atoms with Crippen LogP contribution in [0.1, 0.15) is 30.0 Å². The average Bonchev–Trinajstić information content (AvgIpc) is 2.84. The second kappa shape index (κ2) is 10.3. The van der Waals surface area contributed by atoms with E-state index in [1.54, 1.807) is 7.11 Å². The van der Waals surface area contributed by atoms with Crippen LogP contribution in [-0.2, 0) is 9.53 Å². The molecule has 0 saturated carbocycles. The number of nitrogens with one attached hydrogen (secondary N) is 1. The molecule has 1 amide bonds. The summed E-state index contributed by atoms with van der Waals surface area (Å²) in [5.41, 5.74) is 2.02. The molecule has 1 aliphatic heterocycles. The molecule has 0 spiro atoms. The van der Waals surface area contributed by atoms with Crippen LogP contribution in [0.25, 0.3) is 10.8 Å². The summed E-state index contributed by atoms with van der Waals surface area (Å²) in [5.74, 6) is 0.561. The highest BCUT2D eigenvalue weighted by molar-refractivity contribution is 6.31. The maximum atomic E-state index is 13.1. The van der Waals surface area contributed by atoms with Crippen molar-refractivity contribution in [3.05, 3.63) is 76.8 Å². The molecule has 1 N–H and O–H groups in total. The fourth-order valence-corrected chi connectivity index (χ4v) is 4.47. The largest absolute Gasteiger partial charge is 0.497 e. The number of halogens is 1. The van der Waals surface area contributed by atoms with Crippen LogP contribution in [0.15, 0.2) is 60.7 Å². The molecule has 1 aliphatic rings. The summed E-state index contributed by atoms with van der Waals surface area (Å²) in [6, 6.07) is 20.0. The molecule has 6 heteroatoms. The molecule has 1 saturated heterocycles. The average molecular weight is 453 g/mol. The molecule has 4 rings (SSSR count). The molecular formula is C26H29ClN2O3. The predicted molar refractivity (Wildman–Crippen MR) is 129 cm³/mol. The van der Waals surface area contributed by atoms with Crippen LogP contribution in [-0.4, -0.2) is 50.8 Å². The maximum absolute atomic E-state index is 13.1. The summed E-state index contributed by atoms with van der Waals surface area (Å²) in [6.45, 7) is 5.45. The lowest BCUT2D eigenvalue weighted by atomic mass is 9.96. The van der Waals surface area contributed by atoms with Crippen LogP contribution in [0.2, 0.25) is 5.02 Å². The van der Waals surface area contributed by atoms with Gasteiger partial charge in [-0.25, -0.2) is 0 Å². The van der Waals surface area contributed by atoms with Gasteiger partial charge in [0.25, 0.3) is 0 Å². The number of benzene rings is 3. The zero-order valence-electron chi connectivity index (χ0n) is 18.5. The number of hydrogen-bond acceptors (Lipinski definition) is 4. The molecule has 5 nitrogen and oxygen atoms in total. The number of hydrogen-bond donors (Lipinski definition) is 1. The molecule has 0 aliphatic carbocycles. The van der Waals surface area contributed by atoms with Crippen molar-refractivity contribution in [2.45, 2.75) is 18.9 Å². The summed E-state index contributed by atoms with van der Waals surface area (Å²) >= 11 is 6.51. The summed E-state index contributed by atoms with van der Waals surface area (Å²) in [4.78, 5) is 15.4. The van der Waals surface area contributed by atoms with E-state index >= 15 is 0 Å².